The number of hydrogen-bond acceptors (Lipinski definition) is 11. The molecule has 2 amide bonds. The number of carbonyl (C=O) groups is 3. The molecule has 0 bridgehead atoms. The fraction of sp³-hybridized carbons (Fsp3) is 0.409. The molecule has 15 heteroatoms. The van der Waals surface area contributed by atoms with Crippen molar-refractivity contribution in [3.05, 3.63) is 47.2 Å². The molecule has 0 radical (unpaired) electrons. The first-order valence-electron chi connectivity index (χ1n) is 11.4. The van der Waals surface area contributed by atoms with Crippen LogP contribution >= 0.6 is 23.3 Å². The van der Waals surface area contributed by atoms with E-state index >= 15 is 0 Å². The van der Waals surface area contributed by atoms with Crippen LogP contribution < -0.4 is 15.6 Å². The second-order valence-corrected chi connectivity index (χ2v) is 10.0. The van der Waals surface area contributed by atoms with Crippen LogP contribution in [0, 0.1) is 0 Å². The van der Waals surface area contributed by atoms with E-state index in [4.69, 9.17) is 15.7 Å². The molecule has 0 saturated carbocycles. The first-order chi connectivity index (χ1) is 17.8. The molecule has 1 saturated heterocycles. The SMILES string of the molecule is CCON=C(C(=O)NC1C(=O)N2C(C(=O)O)=C(C[n+]3ccc(CCCO)cc3)CS[C@H]12)c1nsc(N)n1. The van der Waals surface area contributed by atoms with Gasteiger partial charge in [0.15, 0.2) is 24.1 Å². The summed E-state index contributed by atoms with van der Waals surface area (Å²) in [4.78, 5) is 48.3. The average molecular weight is 549 g/mol. The topological polar surface area (TPSA) is 184 Å². The lowest BCUT2D eigenvalue weighted by atomic mass is 10.0. The summed E-state index contributed by atoms with van der Waals surface area (Å²) < 4.78 is 5.82. The average Bonchev–Trinajstić information content (AvgIpc) is 3.32. The minimum absolute atomic E-state index is 0.0267. The van der Waals surface area contributed by atoms with E-state index in [1.165, 1.54) is 16.7 Å². The van der Waals surface area contributed by atoms with E-state index in [0.29, 0.717) is 24.3 Å². The molecule has 196 valence electrons. The summed E-state index contributed by atoms with van der Waals surface area (Å²) in [7, 11) is 0. The number of aliphatic hydroxyl groups excluding tert-OH is 1. The summed E-state index contributed by atoms with van der Waals surface area (Å²) in [6.45, 7) is 2.30. The standard InChI is InChI=1S/C22H25N7O6S2/c1-2-35-26-14(17-25-22(23)37-27-17)18(31)24-15-19(32)29-16(21(33)34)13(11-36-20(15)29)10-28-7-5-12(6-8-28)4-3-9-30/h5-8,15,20,30H,2-4,9-11H2,1H3,(H3-,23,24,25,27,31,33,34)/p+1/t15?,20-/m1/s1. The number of nitrogen functional groups attached to an aromatic ring is 1. The maximum atomic E-state index is 13.0. The Bertz CT molecular complexity index is 1250. The van der Waals surface area contributed by atoms with Crippen molar-refractivity contribution in [3.63, 3.8) is 0 Å². The van der Waals surface area contributed by atoms with Gasteiger partial charge >= 0.3 is 5.97 Å². The van der Waals surface area contributed by atoms with Crippen LogP contribution in [0.5, 0.6) is 0 Å². The van der Waals surface area contributed by atoms with Gasteiger partial charge in [0.2, 0.25) is 11.5 Å². The van der Waals surface area contributed by atoms with Crippen molar-refractivity contribution in [2.75, 3.05) is 24.7 Å². The summed E-state index contributed by atoms with van der Waals surface area (Å²) in [5.74, 6) is -2.13. The van der Waals surface area contributed by atoms with Crippen molar-refractivity contribution in [2.45, 2.75) is 37.7 Å². The molecule has 2 aliphatic heterocycles. The maximum absolute atomic E-state index is 13.0. The van der Waals surface area contributed by atoms with Crippen LogP contribution in [0.2, 0.25) is 0 Å². The summed E-state index contributed by atoms with van der Waals surface area (Å²) in [6, 6.07) is 2.89. The molecule has 0 spiro atoms. The Balaban J connectivity index is 1.49. The smallest absolute Gasteiger partial charge is 0.352 e. The molecule has 4 rings (SSSR count). The molecular weight excluding hydrogens is 522 g/mol. The van der Waals surface area contributed by atoms with Gasteiger partial charge in [-0.2, -0.15) is 9.36 Å². The van der Waals surface area contributed by atoms with Crippen LogP contribution in [0.25, 0.3) is 0 Å². The highest BCUT2D eigenvalue weighted by Gasteiger charge is 2.54. The van der Waals surface area contributed by atoms with Gasteiger partial charge in [0, 0.05) is 41.6 Å². The van der Waals surface area contributed by atoms with Crippen molar-refractivity contribution in [3.8, 4) is 0 Å². The quantitative estimate of drug-likeness (QED) is 0.124. The predicted molar refractivity (Wildman–Crippen MR) is 134 cm³/mol. The number of nitrogens with two attached hydrogens (primary N) is 1. The number of pyridine rings is 1. The zero-order chi connectivity index (χ0) is 26.5. The molecule has 1 fully saturated rings. The number of thioether (sulfide) groups is 1. The third-order valence-electron chi connectivity index (χ3n) is 5.65. The molecule has 2 aromatic heterocycles. The molecule has 2 atom stereocenters. The minimum atomic E-state index is -1.21. The fourth-order valence-corrected chi connectivity index (χ4v) is 5.69. The van der Waals surface area contributed by atoms with Crippen molar-refractivity contribution in [1.82, 2.24) is 19.6 Å². The molecule has 1 unspecified atom stereocenters. The van der Waals surface area contributed by atoms with Crippen molar-refractivity contribution >= 4 is 51.9 Å². The number of aliphatic hydroxyl groups is 1. The van der Waals surface area contributed by atoms with Crippen LogP contribution in [-0.4, -0.2) is 78.3 Å². The number of aryl methyl sites for hydroxylation is 1. The number of carbonyl (C=O) groups excluding carboxylic acids is 2. The molecule has 0 aromatic carbocycles. The van der Waals surface area contributed by atoms with Gasteiger partial charge < -0.3 is 26.1 Å². The molecule has 0 aliphatic carbocycles. The third kappa shape index (κ3) is 5.73. The van der Waals surface area contributed by atoms with Crippen LogP contribution in [0.3, 0.4) is 0 Å². The summed E-state index contributed by atoms with van der Waals surface area (Å²) in [6.07, 6.45) is 5.10. The van der Waals surface area contributed by atoms with E-state index in [2.05, 4.69) is 19.8 Å². The van der Waals surface area contributed by atoms with Gasteiger partial charge in [0.05, 0.1) is 0 Å². The van der Waals surface area contributed by atoms with Crippen molar-refractivity contribution in [2.24, 2.45) is 5.16 Å². The van der Waals surface area contributed by atoms with Crippen molar-refractivity contribution in [1.29, 1.82) is 0 Å². The van der Waals surface area contributed by atoms with E-state index in [0.717, 1.165) is 23.5 Å². The van der Waals surface area contributed by atoms with Crippen LogP contribution in [0.1, 0.15) is 24.7 Å². The number of hydrogen-bond donors (Lipinski definition) is 4. The lowest BCUT2D eigenvalue weighted by Crippen LogP contribution is -2.71. The number of nitrogens with zero attached hydrogens (tertiary/aromatic N) is 5. The number of oxime groups is 1. The Hall–Kier alpha value is -3.56. The summed E-state index contributed by atoms with van der Waals surface area (Å²) in [5, 5.41) is 24.9. The Morgan fingerprint density at radius 3 is 2.76 bits per heavy atom. The fourth-order valence-electron chi connectivity index (χ4n) is 3.92. The number of rotatable bonds is 11. The number of β-lactam (4-membered cyclic amide) rings is 1. The van der Waals surface area contributed by atoms with Gasteiger partial charge in [-0.3, -0.25) is 14.5 Å². The monoisotopic (exact) mass is 548 g/mol. The lowest BCUT2D eigenvalue weighted by molar-refractivity contribution is -0.689. The second-order valence-electron chi connectivity index (χ2n) is 8.14. The highest BCUT2D eigenvalue weighted by atomic mass is 32.2. The first-order valence-corrected chi connectivity index (χ1v) is 13.3. The van der Waals surface area contributed by atoms with Gasteiger partial charge in [-0.05, 0) is 25.3 Å². The van der Waals surface area contributed by atoms with Crippen molar-refractivity contribution < 1.29 is 34.0 Å². The maximum Gasteiger partial charge on any atom is 0.352 e. The van der Waals surface area contributed by atoms with Crippen LogP contribution in [0.15, 0.2) is 41.0 Å². The zero-order valence-corrected chi connectivity index (χ0v) is 21.5. The number of anilines is 1. The van der Waals surface area contributed by atoms with Crippen LogP contribution in [-0.2, 0) is 32.2 Å². The molecule has 5 N–H and O–H groups in total. The van der Waals surface area contributed by atoms with E-state index < -0.39 is 29.2 Å². The normalized spacial score (nSPS) is 19.4. The highest BCUT2D eigenvalue weighted by Crippen LogP contribution is 2.40. The summed E-state index contributed by atoms with van der Waals surface area (Å²) in [5.41, 5.74) is 6.96. The minimum Gasteiger partial charge on any atom is -0.477 e. The highest BCUT2D eigenvalue weighted by molar-refractivity contribution is 8.00. The molecular formula is C22H26N7O6S2+. The molecule has 37 heavy (non-hydrogen) atoms. The molecule has 2 aliphatic rings. The van der Waals surface area contributed by atoms with Gasteiger partial charge in [-0.25, -0.2) is 9.36 Å². The Kier molecular flexibility index (Phi) is 8.35. The first kappa shape index (κ1) is 26.5. The van der Waals surface area contributed by atoms with E-state index in [1.807, 2.05) is 29.1 Å². The molecule has 13 nitrogen and oxygen atoms in total. The van der Waals surface area contributed by atoms with E-state index in [-0.39, 0.29) is 35.6 Å². The number of carboxylic acids is 1. The van der Waals surface area contributed by atoms with E-state index in [1.54, 1.807) is 6.92 Å². The number of carboxylic acid groups (broad SMARTS) is 1. The van der Waals surface area contributed by atoms with Gasteiger partial charge in [0.25, 0.3) is 11.8 Å². The van der Waals surface area contributed by atoms with E-state index in [9.17, 15) is 19.5 Å². The van der Waals surface area contributed by atoms with Gasteiger partial charge in [-0.1, -0.05) is 5.16 Å². The third-order valence-corrected chi connectivity index (χ3v) is 7.53. The number of nitrogens with one attached hydrogen (secondary N) is 1. The Morgan fingerprint density at radius 1 is 1.38 bits per heavy atom. The number of fused-ring (bicyclic) bond motifs is 1. The number of aliphatic carboxylic acids is 1. The number of aromatic nitrogens is 3. The molecule has 2 aromatic rings. The zero-order valence-electron chi connectivity index (χ0n) is 19.9. The largest absolute Gasteiger partial charge is 0.477 e. The summed E-state index contributed by atoms with van der Waals surface area (Å²) >= 11 is 2.25. The predicted octanol–water partition coefficient (Wildman–Crippen LogP) is -0.488. The number of amides is 2. The second kappa shape index (κ2) is 11.7. The Labute approximate surface area is 220 Å². The Morgan fingerprint density at radius 2 is 2.14 bits per heavy atom. The van der Waals surface area contributed by atoms with Gasteiger partial charge in [0.1, 0.15) is 23.7 Å². The van der Waals surface area contributed by atoms with Crippen LogP contribution in [0.4, 0.5) is 5.13 Å². The lowest BCUT2D eigenvalue weighted by Gasteiger charge is -2.49. The van der Waals surface area contributed by atoms with Gasteiger partial charge in [-0.15, -0.1) is 11.8 Å². The molecule has 4 heterocycles.